The third-order valence-corrected chi connectivity index (χ3v) is 5.11. The van der Waals surface area contributed by atoms with Crippen molar-refractivity contribution in [3.05, 3.63) is 53.6 Å². The van der Waals surface area contributed by atoms with E-state index in [9.17, 15) is 9.59 Å². The number of hydrogen-bond acceptors (Lipinski definition) is 4. The zero-order valence-corrected chi connectivity index (χ0v) is 16.8. The number of nitrogens with zero attached hydrogens (tertiary/aromatic N) is 2. The van der Waals surface area contributed by atoms with Crippen LogP contribution in [0.5, 0.6) is 0 Å². The molecule has 0 bridgehead atoms. The maximum absolute atomic E-state index is 12.5. The molecule has 0 aliphatic carbocycles. The van der Waals surface area contributed by atoms with Gasteiger partial charge in [0.25, 0.3) is 5.91 Å². The van der Waals surface area contributed by atoms with Crippen LogP contribution in [0.2, 0.25) is 0 Å². The van der Waals surface area contributed by atoms with E-state index >= 15 is 0 Å². The Morgan fingerprint density at radius 2 is 1.64 bits per heavy atom. The zero-order valence-electron chi connectivity index (χ0n) is 16.8. The summed E-state index contributed by atoms with van der Waals surface area (Å²) in [5, 5.41) is 5.68. The number of hydrogen-bond donors (Lipinski definition) is 2. The number of benzene rings is 2. The van der Waals surface area contributed by atoms with Crippen LogP contribution >= 0.6 is 0 Å². The van der Waals surface area contributed by atoms with Gasteiger partial charge in [-0.15, -0.1) is 0 Å². The molecule has 3 rings (SSSR count). The van der Waals surface area contributed by atoms with Gasteiger partial charge < -0.3 is 20.4 Å². The summed E-state index contributed by atoms with van der Waals surface area (Å²) in [6.07, 6.45) is 0. The number of carbonyl (C=O) groups excluding carboxylic acids is 2. The second-order valence-electron chi connectivity index (χ2n) is 7.13. The third-order valence-electron chi connectivity index (χ3n) is 5.11. The molecule has 1 aliphatic rings. The van der Waals surface area contributed by atoms with Crippen molar-refractivity contribution >= 4 is 28.9 Å². The fourth-order valence-electron chi connectivity index (χ4n) is 3.41. The number of likely N-dealkylation sites (N-methyl/N-ethyl adjacent to an activating group) is 1. The molecule has 1 aliphatic heterocycles. The van der Waals surface area contributed by atoms with E-state index in [4.69, 9.17) is 0 Å². The van der Waals surface area contributed by atoms with E-state index in [-0.39, 0.29) is 11.8 Å². The molecule has 2 aromatic rings. The summed E-state index contributed by atoms with van der Waals surface area (Å²) in [5.74, 6) is -0.300. The van der Waals surface area contributed by atoms with Crippen LogP contribution in [0.4, 0.5) is 17.1 Å². The fraction of sp³-hybridized carbons (Fsp3) is 0.364. The van der Waals surface area contributed by atoms with Crippen LogP contribution in [-0.2, 0) is 4.79 Å². The maximum Gasteiger partial charge on any atom is 0.255 e. The Morgan fingerprint density at radius 3 is 2.21 bits per heavy atom. The zero-order chi connectivity index (χ0) is 20.1. The van der Waals surface area contributed by atoms with E-state index in [1.807, 2.05) is 13.0 Å². The average molecular weight is 380 g/mol. The van der Waals surface area contributed by atoms with Gasteiger partial charge in [-0.05, 0) is 61.5 Å². The maximum atomic E-state index is 12.5. The molecule has 0 atom stereocenters. The number of anilines is 3. The number of piperazine rings is 1. The van der Waals surface area contributed by atoms with Gasteiger partial charge in [0.15, 0.2) is 0 Å². The molecule has 2 aromatic carbocycles. The molecule has 1 heterocycles. The third kappa shape index (κ3) is 4.89. The highest BCUT2D eigenvalue weighted by atomic mass is 16.2. The highest BCUT2D eigenvalue weighted by molar-refractivity contribution is 6.05. The molecule has 0 saturated carbocycles. The van der Waals surface area contributed by atoms with E-state index in [0.717, 1.165) is 44.0 Å². The molecule has 2 N–H and O–H groups in total. The van der Waals surface area contributed by atoms with Crippen LogP contribution in [0.3, 0.4) is 0 Å². The van der Waals surface area contributed by atoms with Gasteiger partial charge in [0.2, 0.25) is 5.91 Å². The Hall–Kier alpha value is -2.86. The van der Waals surface area contributed by atoms with Crippen LogP contribution in [0, 0.1) is 6.92 Å². The van der Waals surface area contributed by atoms with E-state index in [0.29, 0.717) is 11.3 Å². The van der Waals surface area contributed by atoms with Crippen LogP contribution in [0.25, 0.3) is 0 Å². The van der Waals surface area contributed by atoms with Gasteiger partial charge in [0, 0.05) is 55.7 Å². The number of nitrogens with one attached hydrogen (secondary N) is 2. The lowest BCUT2D eigenvalue weighted by Crippen LogP contribution is -2.46. The van der Waals surface area contributed by atoms with Crippen LogP contribution in [0.1, 0.15) is 29.8 Å². The predicted molar refractivity (Wildman–Crippen MR) is 114 cm³/mol. The Balaban J connectivity index is 1.64. The number of aryl methyl sites for hydroxylation is 1. The molecule has 6 nitrogen and oxygen atoms in total. The van der Waals surface area contributed by atoms with Gasteiger partial charge in [-0.25, -0.2) is 0 Å². The Labute approximate surface area is 166 Å². The molecule has 6 heteroatoms. The minimum atomic E-state index is -0.165. The summed E-state index contributed by atoms with van der Waals surface area (Å²) < 4.78 is 0. The quantitative estimate of drug-likeness (QED) is 0.835. The van der Waals surface area contributed by atoms with Crippen molar-refractivity contribution in [2.75, 3.05) is 48.3 Å². The summed E-state index contributed by atoms with van der Waals surface area (Å²) >= 11 is 0. The molecule has 0 aromatic heterocycles. The van der Waals surface area contributed by atoms with E-state index in [1.165, 1.54) is 12.6 Å². The lowest BCUT2D eigenvalue weighted by molar-refractivity contribution is -0.114. The Bertz CT molecular complexity index is 840. The monoisotopic (exact) mass is 380 g/mol. The van der Waals surface area contributed by atoms with Gasteiger partial charge in [-0.3, -0.25) is 9.59 Å². The first-order valence-electron chi connectivity index (χ1n) is 9.73. The summed E-state index contributed by atoms with van der Waals surface area (Å²) in [4.78, 5) is 28.5. The van der Waals surface area contributed by atoms with Crippen molar-refractivity contribution in [3.63, 3.8) is 0 Å². The van der Waals surface area contributed by atoms with Crippen molar-refractivity contribution in [2.45, 2.75) is 20.8 Å². The summed E-state index contributed by atoms with van der Waals surface area (Å²) in [6, 6.07) is 13.0. The SMILES string of the molecule is CCN1CCN(c2ccc(NC(=O)c3ccc(NC(C)=O)cc3)c(C)c2)CC1. The second-order valence-corrected chi connectivity index (χ2v) is 7.13. The van der Waals surface area contributed by atoms with Gasteiger partial charge in [0.1, 0.15) is 0 Å². The predicted octanol–water partition coefficient (Wildman–Crippen LogP) is 3.35. The molecular weight excluding hydrogens is 352 g/mol. The first kappa shape index (κ1) is 19.9. The van der Waals surface area contributed by atoms with Crippen molar-refractivity contribution in [1.82, 2.24) is 4.90 Å². The fourth-order valence-corrected chi connectivity index (χ4v) is 3.41. The normalized spacial score (nSPS) is 14.6. The van der Waals surface area contributed by atoms with Crippen LogP contribution in [0.15, 0.2) is 42.5 Å². The lowest BCUT2D eigenvalue weighted by atomic mass is 10.1. The van der Waals surface area contributed by atoms with Gasteiger partial charge in [-0.1, -0.05) is 6.92 Å². The average Bonchev–Trinajstić information content (AvgIpc) is 2.69. The van der Waals surface area contributed by atoms with Crippen molar-refractivity contribution < 1.29 is 9.59 Å². The highest BCUT2D eigenvalue weighted by Gasteiger charge is 2.16. The minimum Gasteiger partial charge on any atom is -0.369 e. The summed E-state index contributed by atoms with van der Waals surface area (Å²) in [5.41, 5.74) is 4.28. The molecule has 2 amide bonds. The van der Waals surface area contributed by atoms with E-state index < -0.39 is 0 Å². The topological polar surface area (TPSA) is 64.7 Å². The molecule has 0 radical (unpaired) electrons. The molecule has 148 valence electrons. The standard InChI is InChI=1S/C22H28N4O2/c1-4-25-11-13-26(14-12-25)20-9-10-21(16(2)15-20)24-22(28)18-5-7-19(8-6-18)23-17(3)27/h5-10,15H,4,11-14H2,1-3H3,(H,23,27)(H,24,28). The first-order chi connectivity index (χ1) is 13.5. The van der Waals surface area contributed by atoms with E-state index in [1.54, 1.807) is 24.3 Å². The van der Waals surface area contributed by atoms with Crippen molar-refractivity contribution in [1.29, 1.82) is 0 Å². The van der Waals surface area contributed by atoms with Gasteiger partial charge in [-0.2, -0.15) is 0 Å². The number of amides is 2. The number of carbonyl (C=O) groups is 2. The molecule has 28 heavy (non-hydrogen) atoms. The van der Waals surface area contributed by atoms with Crippen molar-refractivity contribution in [3.8, 4) is 0 Å². The largest absolute Gasteiger partial charge is 0.369 e. The number of rotatable bonds is 5. The second kappa shape index (κ2) is 8.89. The molecule has 0 unspecified atom stereocenters. The summed E-state index contributed by atoms with van der Waals surface area (Å²) in [6.45, 7) is 11.0. The molecular formula is C22H28N4O2. The van der Waals surface area contributed by atoms with Gasteiger partial charge in [0.05, 0.1) is 0 Å². The first-order valence-corrected chi connectivity index (χ1v) is 9.73. The molecule has 1 saturated heterocycles. The van der Waals surface area contributed by atoms with Crippen LogP contribution in [-0.4, -0.2) is 49.4 Å². The highest BCUT2D eigenvalue weighted by Crippen LogP contribution is 2.24. The van der Waals surface area contributed by atoms with E-state index in [2.05, 4.69) is 39.5 Å². The molecule has 0 spiro atoms. The Morgan fingerprint density at radius 1 is 0.964 bits per heavy atom. The van der Waals surface area contributed by atoms with Gasteiger partial charge >= 0.3 is 0 Å². The summed E-state index contributed by atoms with van der Waals surface area (Å²) in [7, 11) is 0. The molecule has 1 fully saturated rings. The van der Waals surface area contributed by atoms with Crippen molar-refractivity contribution in [2.24, 2.45) is 0 Å². The minimum absolute atomic E-state index is 0.135. The smallest absolute Gasteiger partial charge is 0.255 e. The lowest BCUT2D eigenvalue weighted by Gasteiger charge is -2.35. The Kier molecular flexibility index (Phi) is 6.31. The van der Waals surface area contributed by atoms with Crippen LogP contribution < -0.4 is 15.5 Å².